The van der Waals surface area contributed by atoms with Crippen molar-refractivity contribution in [3.05, 3.63) is 113 Å². The third kappa shape index (κ3) is 7.46. The lowest BCUT2D eigenvalue weighted by Gasteiger charge is -2.32. The summed E-state index contributed by atoms with van der Waals surface area (Å²) in [6.45, 7) is 5.58. The largest absolute Gasteiger partial charge is 0.493 e. The zero-order valence-corrected chi connectivity index (χ0v) is 31.7. The number of benzene rings is 4. The van der Waals surface area contributed by atoms with Crippen LogP contribution in [0.3, 0.4) is 0 Å². The number of hydrogen-bond acceptors (Lipinski definition) is 8. The van der Waals surface area contributed by atoms with Crippen molar-refractivity contribution in [3.63, 3.8) is 0 Å². The number of aromatic nitrogens is 3. The molecule has 2 aromatic heterocycles. The fourth-order valence-corrected chi connectivity index (χ4v) is 8.20. The highest BCUT2D eigenvalue weighted by Gasteiger charge is 2.32. The van der Waals surface area contributed by atoms with Gasteiger partial charge in [-0.1, -0.05) is 66.7 Å². The molecule has 6 aromatic rings. The van der Waals surface area contributed by atoms with Crippen LogP contribution >= 0.6 is 0 Å². The number of carbonyl (C=O) groups is 1. The third-order valence-corrected chi connectivity index (χ3v) is 11.0. The number of rotatable bonds is 11. The van der Waals surface area contributed by atoms with E-state index in [0.29, 0.717) is 76.7 Å². The zero-order valence-electron chi connectivity index (χ0n) is 31.7. The molecule has 1 fully saturated rings. The molecule has 0 aliphatic carbocycles. The molecule has 4 heterocycles. The molecule has 2 aliphatic heterocycles. The summed E-state index contributed by atoms with van der Waals surface area (Å²) >= 11 is 0. The summed E-state index contributed by atoms with van der Waals surface area (Å²) in [5.74, 6) is 1.23. The maximum absolute atomic E-state index is 13.9. The van der Waals surface area contributed by atoms with Crippen LogP contribution in [-0.4, -0.2) is 58.5 Å². The molecule has 10 heteroatoms. The van der Waals surface area contributed by atoms with Gasteiger partial charge in [-0.2, -0.15) is 5.10 Å². The molecule has 0 saturated carbocycles. The molecule has 1 N–H and O–H groups in total. The first-order valence-electron chi connectivity index (χ1n) is 19.5. The summed E-state index contributed by atoms with van der Waals surface area (Å²) in [4.78, 5) is 13.9. The minimum atomic E-state index is -0.887. The van der Waals surface area contributed by atoms with E-state index >= 15 is 0 Å². The molecule has 1 saturated heterocycles. The SMILES string of the molecule is CCOC(=O)c1c(CCCOc2cccc3ccccc23)c2cccc3c2n1CCCCOCc1c-3c(COc2ccc(C3(O)CCOCC3)cc2)nn1C. The summed E-state index contributed by atoms with van der Waals surface area (Å²) in [6, 6.07) is 28.4. The predicted octanol–water partition coefficient (Wildman–Crippen LogP) is 8.27. The molecule has 55 heavy (non-hydrogen) atoms. The van der Waals surface area contributed by atoms with E-state index in [4.69, 9.17) is 28.8 Å². The quantitative estimate of drug-likeness (QED) is 0.105. The molecule has 0 radical (unpaired) electrons. The van der Waals surface area contributed by atoms with E-state index in [1.807, 2.05) is 67.2 Å². The first-order chi connectivity index (χ1) is 26.9. The Bertz CT molecular complexity index is 2280. The fraction of sp³-hybridized carbons (Fsp3) is 0.378. The van der Waals surface area contributed by atoms with Crippen molar-refractivity contribution in [3.8, 4) is 22.6 Å². The second kappa shape index (κ2) is 16.3. The molecular weight excluding hydrogens is 695 g/mol. The van der Waals surface area contributed by atoms with Crippen LogP contribution in [-0.2, 0) is 53.0 Å². The molecule has 286 valence electrons. The van der Waals surface area contributed by atoms with Gasteiger partial charge in [0, 0.05) is 68.2 Å². The Hall–Kier alpha value is -5.16. The Morgan fingerprint density at radius 3 is 2.51 bits per heavy atom. The van der Waals surface area contributed by atoms with Crippen molar-refractivity contribution >= 4 is 27.6 Å². The first-order valence-corrected chi connectivity index (χ1v) is 19.5. The number of ether oxygens (including phenoxy) is 5. The van der Waals surface area contributed by atoms with Crippen molar-refractivity contribution in [2.45, 2.75) is 70.8 Å². The van der Waals surface area contributed by atoms with Gasteiger partial charge in [0.15, 0.2) is 0 Å². The van der Waals surface area contributed by atoms with E-state index < -0.39 is 5.60 Å². The van der Waals surface area contributed by atoms with Crippen LogP contribution < -0.4 is 9.47 Å². The van der Waals surface area contributed by atoms with Gasteiger partial charge >= 0.3 is 5.97 Å². The predicted molar refractivity (Wildman–Crippen MR) is 211 cm³/mol. The molecule has 0 unspecified atom stereocenters. The molecule has 0 spiro atoms. The topological polar surface area (TPSA) is 106 Å². The second-order valence-corrected chi connectivity index (χ2v) is 14.4. The number of hydrogen-bond donors (Lipinski definition) is 1. The van der Waals surface area contributed by atoms with Crippen molar-refractivity contribution in [1.82, 2.24) is 14.3 Å². The highest BCUT2D eigenvalue weighted by Crippen LogP contribution is 2.40. The molecule has 0 bridgehead atoms. The summed E-state index contributed by atoms with van der Waals surface area (Å²) in [5, 5.41) is 19.4. The van der Waals surface area contributed by atoms with E-state index in [0.717, 1.165) is 73.9 Å². The van der Waals surface area contributed by atoms with Gasteiger partial charge in [-0.25, -0.2) is 4.79 Å². The Labute approximate surface area is 321 Å². The van der Waals surface area contributed by atoms with E-state index in [1.54, 1.807) is 0 Å². The standard InChI is InChI=1S/C45H49N3O7/c1-3-53-44(49)43-36(16-10-26-54-40-17-8-12-31-11-4-5-13-34(31)40)35-14-9-15-37-41-38(46-47(2)39(41)30-52-25-7-6-24-48(43)42(35)37)29-55-33-20-18-32(19-21-33)45(50)22-27-51-28-23-45/h4-5,8-9,11-15,17-21,50H,3,6-7,10,16,22-30H2,1-2H3. The Morgan fingerprint density at radius 2 is 1.67 bits per heavy atom. The van der Waals surface area contributed by atoms with E-state index in [2.05, 4.69) is 41.0 Å². The summed E-state index contributed by atoms with van der Waals surface area (Å²) < 4.78 is 34.2. The highest BCUT2D eigenvalue weighted by molar-refractivity contribution is 6.05. The van der Waals surface area contributed by atoms with Gasteiger partial charge in [-0.3, -0.25) is 4.68 Å². The lowest BCUT2D eigenvalue weighted by atomic mass is 9.86. The molecule has 10 nitrogen and oxygen atoms in total. The van der Waals surface area contributed by atoms with Gasteiger partial charge in [0.2, 0.25) is 0 Å². The van der Waals surface area contributed by atoms with Crippen LogP contribution in [0, 0.1) is 0 Å². The number of aliphatic hydroxyl groups is 1. The summed E-state index contributed by atoms with van der Waals surface area (Å²) in [7, 11) is 1.94. The van der Waals surface area contributed by atoms with Gasteiger partial charge in [0.05, 0.1) is 36.6 Å². The Kier molecular flexibility index (Phi) is 10.9. The Balaban J connectivity index is 1.14. The average Bonchev–Trinajstić information content (AvgIpc) is 3.69. The van der Waals surface area contributed by atoms with Crippen LogP contribution in [0.2, 0.25) is 0 Å². The van der Waals surface area contributed by atoms with Crippen molar-refractivity contribution < 1.29 is 33.6 Å². The van der Waals surface area contributed by atoms with Crippen LogP contribution in [0.4, 0.5) is 0 Å². The number of nitrogens with zero attached hydrogens (tertiary/aromatic N) is 3. The lowest BCUT2D eigenvalue weighted by Crippen LogP contribution is -2.33. The summed E-state index contributed by atoms with van der Waals surface area (Å²) in [6.07, 6.45) is 4.19. The number of para-hydroxylation sites is 1. The lowest BCUT2D eigenvalue weighted by molar-refractivity contribution is -0.0679. The van der Waals surface area contributed by atoms with Crippen LogP contribution in [0.5, 0.6) is 11.5 Å². The van der Waals surface area contributed by atoms with Crippen LogP contribution in [0.1, 0.15) is 72.0 Å². The van der Waals surface area contributed by atoms with Gasteiger partial charge in [-0.15, -0.1) is 0 Å². The summed E-state index contributed by atoms with van der Waals surface area (Å²) in [5.41, 5.74) is 6.19. The zero-order chi connectivity index (χ0) is 37.8. The maximum atomic E-state index is 13.9. The van der Waals surface area contributed by atoms with Crippen LogP contribution in [0.25, 0.3) is 32.8 Å². The smallest absolute Gasteiger partial charge is 0.355 e. The van der Waals surface area contributed by atoms with Gasteiger partial charge in [-0.05, 0) is 67.3 Å². The number of esters is 1. The number of aryl methyl sites for hydroxylation is 3. The van der Waals surface area contributed by atoms with E-state index in [9.17, 15) is 9.90 Å². The second-order valence-electron chi connectivity index (χ2n) is 14.4. The van der Waals surface area contributed by atoms with Crippen molar-refractivity contribution in [2.75, 3.05) is 33.0 Å². The molecular formula is C45H49N3O7. The van der Waals surface area contributed by atoms with E-state index in [1.165, 1.54) is 0 Å². The van der Waals surface area contributed by atoms with Gasteiger partial charge in [0.1, 0.15) is 29.5 Å². The number of fused-ring (bicyclic) bond motifs is 3. The Morgan fingerprint density at radius 1 is 0.891 bits per heavy atom. The molecule has 8 rings (SSSR count). The van der Waals surface area contributed by atoms with Crippen molar-refractivity contribution in [1.29, 1.82) is 0 Å². The first kappa shape index (κ1) is 36.8. The molecule has 0 amide bonds. The van der Waals surface area contributed by atoms with Gasteiger partial charge < -0.3 is 33.4 Å². The third-order valence-electron chi connectivity index (χ3n) is 11.0. The van der Waals surface area contributed by atoms with Crippen LogP contribution in [0.15, 0.2) is 84.9 Å². The van der Waals surface area contributed by atoms with E-state index in [-0.39, 0.29) is 19.2 Å². The average molecular weight is 744 g/mol. The normalized spacial score (nSPS) is 15.7. The molecule has 0 atom stereocenters. The van der Waals surface area contributed by atoms with Crippen molar-refractivity contribution in [2.24, 2.45) is 7.05 Å². The minimum absolute atomic E-state index is 0.223. The maximum Gasteiger partial charge on any atom is 0.355 e. The number of carbonyl (C=O) groups excluding carboxylic acids is 1. The van der Waals surface area contributed by atoms with Gasteiger partial charge in [0.25, 0.3) is 0 Å². The highest BCUT2D eigenvalue weighted by atomic mass is 16.5. The molecule has 2 aliphatic rings. The minimum Gasteiger partial charge on any atom is -0.493 e. The molecule has 4 aromatic carbocycles. The fourth-order valence-electron chi connectivity index (χ4n) is 8.20. The monoisotopic (exact) mass is 743 g/mol.